The van der Waals surface area contributed by atoms with Crippen molar-refractivity contribution in [3.63, 3.8) is 0 Å². The summed E-state index contributed by atoms with van der Waals surface area (Å²) in [7, 11) is 1.96. The normalized spacial score (nSPS) is 16.9. The molecular weight excluding hydrogens is 580 g/mol. The monoisotopic (exact) mass is 616 g/mol. The summed E-state index contributed by atoms with van der Waals surface area (Å²) in [5, 5.41) is 7.06. The number of likely N-dealkylation sites (tertiary alicyclic amines) is 1. The molecule has 1 unspecified atom stereocenters. The molecule has 5 aromatic rings. The smallest absolute Gasteiger partial charge is 0.342 e. The molecule has 0 bridgehead atoms. The summed E-state index contributed by atoms with van der Waals surface area (Å²) < 4.78 is 7.53. The molecule has 11 heteroatoms. The zero-order chi connectivity index (χ0) is 31.8. The largest absolute Gasteiger partial charge is 0.459 e. The van der Waals surface area contributed by atoms with E-state index in [1.54, 1.807) is 26.1 Å². The van der Waals surface area contributed by atoms with Gasteiger partial charge in [0, 0.05) is 59.8 Å². The molecule has 1 aliphatic carbocycles. The highest BCUT2D eigenvalue weighted by Crippen LogP contribution is 2.34. The summed E-state index contributed by atoms with van der Waals surface area (Å²) in [6, 6.07) is 14.5. The maximum Gasteiger partial charge on any atom is 0.342 e. The van der Waals surface area contributed by atoms with E-state index in [9.17, 15) is 9.59 Å². The van der Waals surface area contributed by atoms with Crippen LogP contribution in [0.25, 0.3) is 33.2 Å². The minimum absolute atomic E-state index is 0.226. The third kappa shape index (κ3) is 6.18. The number of fused-ring (bicyclic) bond motifs is 2. The van der Waals surface area contributed by atoms with Gasteiger partial charge in [-0.2, -0.15) is 0 Å². The Bertz CT molecular complexity index is 1980. The number of anilines is 3. The number of hydrogen-bond donors (Lipinski definition) is 2. The second-order valence-corrected chi connectivity index (χ2v) is 12.2. The fraction of sp³-hybridized carbons (Fsp3) is 0.314. The maximum atomic E-state index is 13.1. The number of aromatic nitrogens is 5. The standard InChI is InChI=1S/C35H36N8O3/c1-21(2)46-34(45)26-18-37-35(41-33(26)27-20-42(3)30-9-5-4-8-25(27)30)38-22-10-14-28-29(17-22)39-31(19-36-28)40-32(44)15-13-23-7-6-16-43(23)24-11-12-24/h4-5,8-10,13-15,17-21,23-24H,6-7,11-12,16H2,1-3H3,(H,37,38,41)(H,39,40,44)/b15-13+. The molecule has 3 aromatic heterocycles. The average molecular weight is 617 g/mol. The van der Waals surface area contributed by atoms with Gasteiger partial charge in [-0.05, 0) is 70.3 Å². The van der Waals surface area contributed by atoms with Crippen LogP contribution in [0.1, 0.15) is 49.9 Å². The van der Waals surface area contributed by atoms with Crippen LogP contribution >= 0.6 is 0 Å². The predicted molar refractivity (Wildman–Crippen MR) is 178 cm³/mol. The van der Waals surface area contributed by atoms with Gasteiger partial charge < -0.3 is 19.9 Å². The number of amides is 1. The fourth-order valence-corrected chi connectivity index (χ4v) is 6.13. The first-order valence-corrected chi connectivity index (χ1v) is 15.7. The summed E-state index contributed by atoms with van der Waals surface area (Å²) in [6.45, 7) is 4.72. The number of ether oxygens (including phenoxy) is 1. The Morgan fingerprint density at radius 1 is 1.02 bits per heavy atom. The number of para-hydroxylation sites is 1. The molecule has 1 amide bonds. The SMILES string of the molecule is CC(C)OC(=O)c1cnc(Nc2ccc3ncc(NC(=O)/C=C/C4CCCN4C4CC4)nc3c2)nc1-c1cn(C)c2ccccc12. The van der Waals surface area contributed by atoms with Crippen LogP contribution in [-0.2, 0) is 16.6 Å². The summed E-state index contributed by atoms with van der Waals surface area (Å²) in [5.74, 6) is -0.0419. The highest BCUT2D eigenvalue weighted by Gasteiger charge is 2.35. The molecule has 2 N–H and O–H groups in total. The number of nitrogens with one attached hydrogen (secondary N) is 2. The van der Waals surface area contributed by atoms with E-state index in [4.69, 9.17) is 9.72 Å². The molecule has 1 atom stereocenters. The molecule has 2 fully saturated rings. The Hall–Kier alpha value is -5.16. The molecule has 7 rings (SSSR count). The Morgan fingerprint density at radius 2 is 1.87 bits per heavy atom. The van der Waals surface area contributed by atoms with Crippen molar-refractivity contribution in [2.24, 2.45) is 7.05 Å². The van der Waals surface area contributed by atoms with Crippen LogP contribution in [0.15, 0.2) is 73.2 Å². The first-order chi connectivity index (χ1) is 22.3. The number of nitrogens with zero attached hydrogens (tertiary/aromatic N) is 6. The van der Waals surface area contributed by atoms with Crippen LogP contribution in [0.4, 0.5) is 17.5 Å². The molecule has 2 aliphatic rings. The van der Waals surface area contributed by atoms with Crippen molar-refractivity contribution >= 4 is 51.3 Å². The van der Waals surface area contributed by atoms with Crippen LogP contribution < -0.4 is 10.6 Å². The Labute approximate surface area is 266 Å². The van der Waals surface area contributed by atoms with E-state index in [2.05, 4.69) is 30.5 Å². The number of benzene rings is 2. The van der Waals surface area contributed by atoms with Crippen molar-refractivity contribution in [2.75, 3.05) is 17.2 Å². The Balaban J connectivity index is 1.13. The van der Waals surface area contributed by atoms with Gasteiger partial charge in [-0.15, -0.1) is 0 Å². The van der Waals surface area contributed by atoms with E-state index in [1.165, 1.54) is 25.5 Å². The van der Waals surface area contributed by atoms with Crippen LogP contribution in [-0.4, -0.2) is 66.0 Å². The lowest BCUT2D eigenvalue weighted by Gasteiger charge is -2.20. The number of carbonyl (C=O) groups is 2. The van der Waals surface area contributed by atoms with Gasteiger partial charge in [-0.25, -0.2) is 19.7 Å². The number of rotatable bonds is 9. The summed E-state index contributed by atoms with van der Waals surface area (Å²) >= 11 is 0. The summed E-state index contributed by atoms with van der Waals surface area (Å²) in [6.07, 6.45) is 13.1. The van der Waals surface area contributed by atoms with Gasteiger partial charge in [0.05, 0.1) is 29.0 Å². The highest BCUT2D eigenvalue weighted by atomic mass is 16.5. The predicted octanol–water partition coefficient (Wildman–Crippen LogP) is 6.01. The van der Waals surface area contributed by atoms with Crippen LogP contribution in [0.2, 0.25) is 0 Å². The van der Waals surface area contributed by atoms with Gasteiger partial charge in [-0.3, -0.25) is 14.7 Å². The zero-order valence-electron chi connectivity index (χ0n) is 26.1. The van der Waals surface area contributed by atoms with E-state index in [0.29, 0.717) is 46.3 Å². The summed E-state index contributed by atoms with van der Waals surface area (Å²) in [4.78, 5) is 46.7. The van der Waals surface area contributed by atoms with Crippen molar-refractivity contribution in [1.82, 2.24) is 29.4 Å². The Morgan fingerprint density at radius 3 is 2.70 bits per heavy atom. The molecule has 1 saturated heterocycles. The molecular formula is C35H36N8O3. The first kappa shape index (κ1) is 29.5. The third-order valence-electron chi connectivity index (χ3n) is 8.38. The lowest BCUT2D eigenvalue weighted by Crippen LogP contribution is -2.30. The second kappa shape index (κ2) is 12.3. The molecule has 234 valence electrons. The molecule has 46 heavy (non-hydrogen) atoms. The molecule has 1 saturated carbocycles. The minimum atomic E-state index is -0.488. The summed E-state index contributed by atoms with van der Waals surface area (Å²) in [5.41, 5.74) is 4.50. The second-order valence-electron chi connectivity index (χ2n) is 12.2. The van der Waals surface area contributed by atoms with E-state index in [0.717, 1.165) is 29.4 Å². The van der Waals surface area contributed by atoms with E-state index >= 15 is 0 Å². The lowest BCUT2D eigenvalue weighted by atomic mass is 10.1. The van der Waals surface area contributed by atoms with E-state index in [-0.39, 0.29) is 17.6 Å². The molecule has 4 heterocycles. The fourth-order valence-electron chi connectivity index (χ4n) is 6.13. The van der Waals surface area contributed by atoms with Gasteiger partial charge in [-0.1, -0.05) is 24.3 Å². The van der Waals surface area contributed by atoms with E-state index in [1.807, 2.05) is 66.4 Å². The topological polar surface area (TPSA) is 127 Å². The van der Waals surface area contributed by atoms with Gasteiger partial charge in [0.15, 0.2) is 5.82 Å². The first-order valence-electron chi connectivity index (χ1n) is 15.7. The number of esters is 1. The number of aryl methyl sites for hydroxylation is 1. The van der Waals surface area contributed by atoms with Gasteiger partial charge in [0.25, 0.3) is 0 Å². The van der Waals surface area contributed by atoms with Crippen molar-refractivity contribution in [1.29, 1.82) is 0 Å². The van der Waals surface area contributed by atoms with Crippen molar-refractivity contribution in [3.05, 3.63) is 78.8 Å². The van der Waals surface area contributed by atoms with E-state index < -0.39 is 5.97 Å². The Kier molecular flexibility index (Phi) is 7.91. The third-order valence-corrected chi connectivity index (χ3v) is 8.38. The van der Waals surface area contributed by atoms with Gasteiger partial charge in [0.2, 0.25) is 11.9 Å². The van der Waals surface area contributed by atoms with Crippen molar-refractivity contribution in [3.8, 4) is 11.3 Å². The van der Waals surface area contributed by atoms with Gasteiger partial charge in [0.1, 0.15) is 5.56 Å². The molecule has 0 radical (unpaired) electrons. The van der Waals surface area contributed by atoms with Crippen LogP contribution in [0.5, 0.6) is 0 Å². The van der Waals surface area contributed by atoms with Gasteiger partial charge >= 0.3 is 5.97 Å². The number of carbonyl (C=O) groups excluding carboxylic acids is 2. The molecule has 1 aliphatic heterocycles. The number of hydrogen-bond acceptors (Lipinski definition) is 9. The zero-order valence-corrected chi connectivity index (χ0v) is 26.1. The average Bonchev–Trinajstić information content (AvgIpc) is 3.68. The quantitative estimate of drug-likeness (QED) is 0.151. The van der Waals surface area contributed by atoms with Crippen LogP contribution in [0, 0.1) is 0 Å². The van der Waals surface area contributed by atoms with Crippen molar-refractivity contribution < 1.29 is 14.3 Å². The highest BCUT2D eigenvalue weighted by molar-refractivity contribution is 6.03. The molecule has 0 spiro atoms. The minimum Gasteiger partial charge on any atom is -0.459 e. The maximum absolute atomic E-state index is 13.1. The van der Waals surface area contributed by atoms with Crippen molar-refractivity contribution in [2.45, 2.75) is 57.7 Å². The molecule has 2 aromatic carbocycles. The lowest BCUT2D eigenvalue weighted by molar-refractivity contribution is -0.112. The van der Waals surface area contributed by atoms with Crippen LogP contribution in [0.3, 0.4) is 0 Å². The molecule has 11 nitrogen and oxygen atoms in total.